The average molecular weight is 359 g/mol. The first-order valence-electron chi connectivity index (χ1n) is 7.99. The van der Waals surface area contributed by atoms with Crippen molar-refractivity contribution in [1.82, 2.24) is 20.3 Å². The van der Waals surface area contributed by atoms with Crippen LogP contribution < -0.4 is 22.5 Å². The first-order valence-corrected chi connectivity index (χ1v) is 9.39. The van der Waals surface area contributed by atoms with Crippen molar-refractivity contribution < 1.29 is 4.79 Å². The largest absolute Gasteiger partial charge is 0.370 e. The summed E-state index contributed by atoms with van der Waals surface area (Å²) in [5, 5.41) is 10.7. The van der Waals surface area contributed by atoms with Gasteiger partial charge in [0, 0.05) is 12.3 Å². The van der Waals surface area contributed by atoms with Gasteiger partial charge in [0.25, 0.3) is 0 Å². The van der Waals surface area contributed by atoms with Crippen LogP contribution in [-0.2, 0) is 17.9 Å². The van der Waals surface area contributed by atoms with E-state index in [4.69, 9.17) is 17.2 Å². The smallest absolute Gasteiger partial charge is 0.237 e. The number of thioether (sulfide) groups is 1. The number of carbonyl (C=O) groups is 1. The van der Waals surface area contributed by atoms with Crippen molar-refractivity contribution in [2.24, 2.45) is 22.2 Å². The zero-order valence-corrected chi connectivity index (χ0v) is 15.6. The predicted octanol–water partition coefficient (Wildman–Crippen LogP) is -0.336. The Morgan fingerprint density at radius 3 is 2.79 bits per heavy atom. The van der Waals surface area contributed by atoms with Crippen molar-refractivity contribution in [2.45, 2.75) is 45.8 Å². The van der Waals surface area contributed by atoms with E-state index < -0.39 is 6.04 Å². The fourth-order valence-corrected chi connectivity index (χ4v) is 2.04. The number of carbonyl (C=O) groups excluding carboxylic acids is 1. The molecule has 1 amide bonds. The summed E-state index contributed by atoms with van der Waals surface area (Å²) in [5.74, 6) is 0.793. The van der Waals surface area contributed by atoms with Gasteiger partial charge in [0.05, 0.1) is 25.3 Å². The van der Waals surface area contributed by atoms with Gasteiger partial charge in [-0.1, -0.05) is 19.1 Å². The minimum Gasteiger partial charge on any atom is -0.370 e. The maximum absolute atomic E-state index is 11.8. The van der Waals surface area contributed by atoms with E-state index in [2.05, 4.69) is 20.6 Å². The lowest BCUT2D eigenvalue weighted by Crippen LogP contribution is -2.40. The summed E-state index contributed by atoms with van der Waals surface area (Å²) >= 11 is 1.74. The van der Waals surface area contributed by atoms with E-state index in [-0.39, 0.29) is 11.9 Å². The number of aliphatic imine (C=N–C) groups is 1. The van der Waals surface area contributed by atoms with E-state index in [0.717, 1.165) is 12.3 Å². The number of aryl methyl sites for hydroxylation is 1. The molecule has 1 aromatic rings. The molecule has 24 heavy (non-hydrogen) atoms. The number of hydrogen-bond donors (Lipinski definition) is 4. The minimum atomic E-state index is -0.583. The molecule has 138 valence electrons. The van der Waals surface area contributed by atoms with E-state index in [1.165, 1.54) is 0 Å². The van der Waals surface area contributed by atoms with Crippen molar-refractivity contribution >= 4 is 23.6 Å². The van der Waals surface area contributed by atoms with Gasteiger partial charge in [-0.15, -0.1) is 5.10 Å². The molecule has 0 aliphatic carbocycles. The molecule has 0 saturated heterocycles. The zero-order chi connectivity index (χ0) is 18.4. The van der Waals surface area contributed by atoms with Crippen LogP contribution in [0.3, 0.4) is 0 Å². The van der Waals surface area contributed by atoms with Crippen LogP contribution in [0.5, 0.6) is 0 Å². The van der Waals surface area contributed by atoms with Gasteiger partial charge in [0.15, 0.2) is 5.96 Å². The number of nitrogens with zero attached hydrogens (tertiary/aromatic N) is 4. The summed E-state index contributed by atoms with van der Waals surface area (Å²) in [6.07, 6.45) is 5.02. The Morgan fingerprint density at radius 1 is 1.46 bits per heavy atom. The van der Waals surface area contributed by atoms with Gasteiger partial charge < -0.3 is 22.5 Å². The molecule has 0 aromatic carbocycles. The second-order valence-corrected chi connectivity index (χ2v) is 5.72. The molecule has 1 heterocycles. The van der Waals surface area contributed by atoms with Crippen LogP contribution in [0.2, 0.25) is 0 Å². The average Bonchev–Trinajstić information content (AvgIpc) is 3.04. The Morgan fingerprint density at radius 2 is 2.17 bits per heavy atom. The summed E-state index contributed by atoms with van der Waals surface area (Å²) < 4.78 is 1.76. The van der Waals surface area contributed by atoms with Crippen LogP contribution in [0, 0.1) is 0 Å². The number of aromatic nitrogens is 3. The van der Waals surface area contributed by atoms with Crippen molar-refractivity contribution in [3.05, 3.63) is 11.9 Å². The van der Waals surface area contributed by atoms with Crippen LogP contribution in [0.25, 0.3) is 0 Å². The van der Waals surface area contributed by atoms with E-state index in [0.29, 0.717) is 31.6 Å². The molecule has 7 N–H and O–H groups in total. The van der Waals surface area contributed by atoms with Gasteiger partial charge in [-0.3, -0.25) is 14.5 Å². The van der Waals surface area contributed by atoms with Crippen molar-refractivity contribution in [3.63, 3.8) is 0 Å². The van der Waals surface area contributed by atoms with Crippen molar-refractivity contribution in [1.29, 1.82) is 0 Å². The van der Waals surface area contributed by atoms with E-state index in [9.17, 15) is 4.79 Å². The first-order chi connectivity index (χ1) is 11.5. The van der Waals surface area contributed by atoms with Crippen LogP contribution in [-0.4, -0.2) is 51.5 Å². The highest BCUT2D eigenvalue weighted by molar-refractivity contribution is 7.98. The molecule has 0 radical (unpaired) electrons. The molecule has 0 spiro atoms. The van der Waals surface area contributed by atoms with Crippen molar-refractivity contribution in [3.8, 4) is 0 Å². The van der Waals surface area contributed by atoms with E-state index >= 15 is 0 Å². The van der Waals surface area contributed by atoms with Gasteiger partial charge in [-0.05, 0) is 19.1 Å². The van der Waals surface area contributed by atoms with Gasteiger partial charge in [0.2, 0.25) is 5.91 Å². The SMILES string of the molecule is CC.CSCCn1cc(CNC(=O)C(N)CCCN=C(N)N)nn1. The summed E-state index contributed by atoms with van der Waals surface area (Å²) in [4.78, 5) is 15.7. The van der Waals surface area contributed by atoms with Gasteiger partial charge in [-0.2, -0.15) is 11.8 Å². The molecule has 0 aliphatic rings. The number of rotatable bonds is 10. The molecular formula is C14H30N8OS. The second kappa shape index (κ2) is 13.6. The van der Waals surface area contributed by atoms with Crippen LogP contribution in [0.15, 0.2) is 11.2 Å². The monoisotopic (exact) mass is 358 g/mol. The molecule has 1 aromatic heterocycles. The Balaban J connectivity index is 0.00000254. The molecular weight excluding hydrogens is 328 g/mol. The molecule has 1 rings (SSSR count). The third kappa shape index (κ3) is 10.1. The summed E-state index contributed by atoms with van der Waals surface area (Å²) in [6.45, 7) is 5.58. The highest BCUT2D eigenvalue weighted by Crippen LogP contribution is 1.99. The van der Waals surface area contributed by atoms with E-state index in [1.54, 1.807) is 16.4 Å². The van der Waals surface area contributed by atoms with Crippen molar-refractivity contribution in [2.75, 3.05) is 18.6 Å². The van der Waals surface area contributed by atoms with Gasteiger partial charge >= 0.3 is 0 Å². The topological polar surface area (TPSA) is 150 Å². The summed E-state index contributed by atoms with van der Waals surface area (Å²) in [6, 6.07) is -0.583. The highest BCUT2D eigenvalue weighted by Gasteiger charge is 2.13. The highest BCUT2D eigenvalue weighted by atomic mass is 32.2. The molecule has 1 unspecified atom stereocenters. The zero-order valence-electron chi connectivity index (χ0n) is 14.7. The molecule has 0 bridgehead atoms. The fraction of sp³-hybridized carbons (Fsp3) is 0.714. The third-order valence-electron chi connectivity index (χ3n) is 2.86. The lowest BCUT2D eigenvalue weighted by atomic mass is 10.1. The van der Waals surface area contributed by atoms with Gasteiger partial charge in [-0.25, -0.2) is 0 Å². The molecule has 1 atom stereocenters. The Hall–Kier alpha value is -1.81. The second-order valence-electron chi connectivity index (χ2n) is 4.74. The maximum atomic E-state index is 11.8. The number of nitrogens with one attached hydrogen (secondary N) is 1. The molecule has 0 saturated carbocycles. The summed E-state index contributed by atoms with van der Waals surface area (Å²) in [7, 11) is 0. The Kier molecular flexibility index (Phi) is 12.6. The quantitative estimate of drug-likeness (QED) is 0.254. The van der Waals surface area contributed by atoms with Gasteiger partial charge in [0.1, 0.15) is 5.69 Å². The molecule has 10 heteroatoms. The number of guanidine groups is 1. The first kappa shape index (κ1) is 22.2. The van der Waals surface area contributed by atoms with Crippen LogP contribution >= 0.6 is 11.8 Å². The number of hydrogen-bond acceptors (Lipinski definition) is 6. The lowest BCUT2D eigenvalue weighted by molar-refractivity contribution is -0.122. The standard InChI is InChI=1S/C12H24N8OS.C2H6/c1-22-6-5-20-8-9(18-19-20)7-17-11(21)10(13)3-2-4-16-12(14)15;1-2/h8,10H,2-7,13H2,1H3,(H,17,21)(H4,14,15,16);1-2H3. The van der Waals surface area contributed by atoms with E-state index in [1.807, 2.05) is 26.3 Å². The molecule has 0 aliphatic heterocycles. The lowest BCUT2D eigenvalue weighted by Gasteiger charge is -2.10. The van der Waals surface area contributed by atoms with Crippen LogP contribution in [0.1, 0.15) is 32.4 Å². The summed E-state index contributed by atoms with van der Waals surface area (Å²) in [5.41, 5.74) is 16.9. The number of amides is 1. The molecule has 9 nitrogen and oxygen atoms in total. The third-order valence-corrected chi connectivity index (χ3v) is 3.45. The fourth-order valence-electron chi connectivity index (χ4n) is 1.67. The Bertz CT molecular complexity index is 487. The maximum Gasteiger partial charge on any atom is 0.237 e. The molecule has 0 fully saturated rings. The predicted molar refractivity (Wildman–Crippen MR) is 99.5 cm³/mol. The Labute approximate surface area is 147 Å². The normalized spacial score (nSPS) is 11.2. The van der Waals surface area contributed by atoms with Crippen LogP contribution in [0.4, 0.5) is 0 Å². The minimum absolute atomic E-state index is 0.0441. The number of nitrogens with two attached hydrogens (primary N) is 3.